The van der Waals surface area contributed by atoms with Gasteiger partial charge in [-0.1, -0.05) is 5.21 Å². The van der Waals surface area contributed by atoms with Crippen LogP contribution in [0.5, 0.6) is 0 Å². The molecule has 106 valence electrons. The standard InChI is InChI=1S/C13H17N5O2/c1-20-13(19)10-3-4-12(11(14)9-10)15-5-2-7-18-8-6-16-17-18/h3-4,6,8-9,15H,2,5,7,14H2,1H3. The van der Waals surface area contributed by atoms with Crippen LogP contribution in [0.2, 0.25) is 0 Å². The van der Waals surface area contributed by atoms with Crippen molar-refractivity contribution in [2.45, 2.75) is 13.0 Å². The highest BCUT2D eigenvalue weighted by Crippen LogP contribution is 2.20. The number of methoxy groups -OCH3 is 1. The summed E-state index contributed by atoms with van der Waals surface area (Å²) in [6, 6.07) is 5.06. The molecule has 0 fully saturated rings. The molecule has 0 saturated carbocycles. The third-order valence-corrected chi connectivity index (χ3v) is 2.82. The van der Waals surface area contributed by atoms with Crippen molar-refractivity contribution in [1.29, 1.82) is 0 Å². The Hall–Kier alpha value is -2.57. The number of aryl methyl sites for hydroxylation is 1. The Balaban J connectivity index is 1.85. The monoisotopic (exact) mass is 275 g/mol. The van der Waals surface area contributed by atoms with Crippen LogP contribution in [0.3, 0.4) is 0 Å². The topological polar surface area (TPSA) is 95.1 Å². The summed E-state index contributed by atoms with van der Waals surface area (Å²) in [4.78, 5) is 11.4. The zero-order chi connectivity index (χ0) is 14.4. The lowest BCUT2D eigenvalue weighted by molar-refractivity contribution is 0.0601. The van der Waals surface area contributed by atoms with Gasteiger partial charge in [-0.05, 0) is 24.6 Å². The van der Waals surface area contributed by atoms with E-state index in [1.165, 1.54) is 7.11 Å². The number of anilines is 2. The van der Waals surface area contributed by atoms with E-state index in [1.54, 1.807) is 29.1 Å². The maximum atomic E-state index is 11.4. The molecular weight excluding hydrogens is 258 g/mol. The van der Waals surface area contributed by atoms with Crippen molar-refractivity contribution in [1.82, 2.24) is 15.0 Å². The largest absolute Gasteiger partial charge is 0.465 e. The molecule has 2 aromatic rings. The fourth-order valence-electron chi connectivity index (χ4n) is 1.78. The maximum Gasteiger partial charge on any atom is 0.337 e. The van der Waals surface area contributed by atoms with Gasteiger partial charge in [0.2, 0.25) is 0 Å². The normalized spacial score (nSPS) is 10.2. The summed E-state index contributed by atoms with van der Waals surface area (Å²) in [6.07, 6.45) is 4.36. The SMILES string of the molecule is COC(=O)c1ccc(NCCCn2ccnn2)c(N)c1. The lowest BCUT2D eigenvalue weighted by atomic mass is 10.1. The van der Waals surface area contributed by atoms with Crippen LogP contribution in [-0.2, 0) is 11.3 Å². The average molecular weight is 275 g/mol. The van der Waals surface area contributed by atoms with Crippen molar-refractivity contribution in [2.75, 3.05) is 24.7 Å². The minimum absolute atomic E-state index is 0.394. The summed E-state index contributed by atoms with van der Waals surface area (Å²) in [5.41, 5.74) is 7.66. The molecule has 3 N–H and O–H groups in total. The highest BCUT2D eigenvalue weighted by Gasteiger charge is 2.07. The quantitative estimate of drug-likeness (QED) is 0.466. The molecule has 0 aliphatic rings. The van der Waals surface area contributed by atoms with Crippen molar-refractivity contribution in [3.05, 3.63) is 36.2 Å². The number of aromatic nitrogens is 3. The van der Waals surface area contributed by atoms with Crippen LogP contribution in [0.25, 0.3) is 0 Å². The van der Waals surface area contributed by atoms with E-state index in [1.807, 2.05) is 6.20 Å². The minimum atomic E-state index is -0.394. The van der Waals surface area contributed by atoms with Crippen LogP contribution < -0.4 is 11.1 Å². The fraction of sp³-hybridized carbons (Fsp3) is 0.308. The van der Waals surface area contributed by atoms with Crippen molar-refractivity contribution >= 4 is 17.3 Å². The molecular formula is C13H17N5O2. The highest BCUT2D eigenvalue weighted by atomic mass is 16.5. The third-order valence-electron chi connectivity index (χ3n) is 2.82. The van der Waals surface area contributed by atoms with Gasteiger partial charge in [-0.25, -0.2) is 4.79 Å². The molecule has 0 aliphatic heterocycles. The molecule has 0 amide bonds. The lowest BCUT2D eigenvalue weighted by Gasteiger charge is -2.10. The Labute approximate surface area is 116 Å². The van der Waals surface area contributed by atoms with E-state index in [0.29, 0.717) is 11.3 Å². The summed E-state index contributed by atoms with van der Waals surface area (Å²) in [5.74, 6) is -0.394. The molecule has 7 heteroatoms. The van der Waals surface area contributed by atoms with E-state index >= 15 is 0 Å². The summed E-state index contributed by atoms with van der Waals surface area (Å²) in [5, 5.41) is 10.8. The van der Waals surface area contributed by atoms with Crippen molar-refractivity contribution in [2.24, 2.45) is 0 Å². The van der Waals surface area contributed by atoms with E-state index < -0.39 is 5.97 Å². The molecule has 0 spiro atoms. The first-order valence-corrected chi connectivity index (χ1v) is 6.26. The summed E-state index contributed by atoms with van der Waals surface area (Å²) >= 11 is 0. The number of rotatable bonds is 6. The van der Waals surface area contributed by atoms with E-state index in [9.17, 15) is 4.79 Å². The van der Waals surface area contributed by atoms with Gasteiger partial charge in [-0.2, -0.15) is 0 Å². The number of carbonyl (C=O) groups excluding carboxylic acids is 1. The molecule has 0 radical (unpaired) electrons. The molecule has 7 nitrogen and oxygen atoms in total. The number of nitrogen functional groups attached to an aromatic ring is 1. The number of nitrogens with one attached hydrogen (secondary N) is 1. The van der Waals surface area contributed by atoms with Gasteiger partial charge in [-0.3, -0.25) is 4.68 Å². The van der Waals surface area contributed by atoms with Crippen LogP contribution in [0, 0.1) is 0 Å². The van der Waals surface area contributed by atoms with Crippen molar-refractivity contribution in [3.8, 4) is 0 Å². The second kappa shape index (κ2) is 6.55. The zero-order valence-corrected chi connectivity index (χ0v) is 11.2. The molecule has 0 atom stereocenters. The smallest absolute Gasteiger partial charge is 0.337 e. The Kier molecular flexibility index (Phi) is 4.54. The summed E-state index contributed by atoms with van der Waals surface area (Å²) < 4.78 is 6.41. The molecule has 0 saturated heterocycles. The van der Waals surface area contributed by atoms with E-state index in [4.69, 9.17) is 5.73 Å². The van der Waals surface area contributed by atoms with Crippen LogP contribution in [-0.4, -0.2) is 34.6 Å². The molecule has 0 bridgehead atoms. The van der Waals surface area contributed by atoms with Gasteiger partial charge in [0.05, 0.1) is 30.2 Å². The molecule has 20 heavy (non-hydrogen) atoms. The first-order valence-electron chi connectivity index (χ1n) is 6.26. The Morgan fingerprint density at radius 2 is 2.35 bits per heavy atom. The van der Waals surface area contributed by atoms with E-state index in [0.717, 1.165) is 25.2 Å². The highest BCUT2D eigenvalue weighted by molar-refractivity contribution is 5.91. The van der Waals surface area contributed by atoms with Crippen LogP contribution in [0.15, 0.2) is 30.6 Å². The second-order valence-electron chi connectivity index (χ2n) is 4.24. The predicted octanol–water partition coefficient (Wildman–Crippen LogP) is 1.15. The molecule has 1 aromatic heterocycles. The van der Waals surface area contributed by atoms with Gasteiger partial charge in [0, 0.05) is 19.3 Å². The van der Waals surface area contributed by atoms with Crippen molar-refractivity contribution in [3.63, 3.8) is 0 Å². The van der Waals surface area contributed by atoms with Gasteiger partial charge in [0.15, 0.2) is 0 Å². The van der Waals surface area contributed by atoms with Crippen LogP contribution >= 0.6 is 0 Å². The second-order valence-corrected chi connectivity index (χ2v) is 4.24. The van der Waals surface area contributed by atoms with Gasteiger partial charge in [0.25, 0.3) is 0 Å². The number of benzene rings is 1. The Morgan fingerprint density at radius 3 is 3.00 bits per heavy atom. The lowest BCUT2D eigenvalue weighted by Crippen LogP contribution is -2.09. The number of ether oxygens (including phenoxy) is 1. The first-order chi connectivity index (χ1) is 9.70. The molecule has 0 aliphatic carbocycles. The van der Waals surface area contributed by atoms with E-state index in [-0.39, 0.29) is 0 Å². The van der Waals surface area contributed by atoms with Gasteiger partial charge >= 0.3 is 5.97 Å². The first kappa shape index (κ1) is 13.9. The molecule has 2 rings (SSSR count). The number of nitrogens with zero attached hydrogens (tertiary/aromatic N) is 3. The number of hydrogen-bond donors (Lipinski definition) is 2. The van der Waals surface area contributed by atoms with Crippen molar-refractivity contribution < 1.29 is 9.53 Å². The third kappa shape index (κ3) is 3.47. The van der Waals surface area contributed by atoms with Gasteiger partial charge < -0.3 is 15.8 Å². The molecule has 1 aromatic carbocycles. The minimum Gasteiger partial charge on any atom is -0.465 e. The van der Waals surface area contributed by atoms with Gasteiger partial charge in [0.1, 0.15) is 0 Å². The molecule has 1 heterocycles. The maximum absolute atomic E-state index is 11.4. The Morgan fingerprint density at radius 1 is 1.50 bits per heavy atom. The van der Waals surface area contributed by atoms with Gasteiger partial charge in [-0.15, -0.1) is 5.10 Å². The van der Waals surface area contributed by atoms with E-state index in [2.05, 4.69) is 20.4 Å². The fourth-order valence-corrected chi connectivity index (χ4v) is 1.78. The average Bonchev–Trinajstić information content (AvgIpc) is 2.97. The number of carbonyl (C=O) groups is 1. The number of esters is 1. The summed E-state index contributed by atoms with van der Waals surface area (Å²) in [6.45, 7) is 1.54. The predicted molar refractivity (Wildman–Crippen MR) is 75.3 cm³/mol. The Bertz CT molecular complexity index is 568. The number of hydrogen-bond acceptors (Lipinski definition) is 6. The summed E-state index contributed by atoms with van der Waals surface area (Å²) in [7, 11) is 1.34. The zero-order valence-electron chi connectivity index (χ0n) is 11.2. The number of nitrogens with two attached hydrogens (primary N) is 1. The van der Waals surface area contributed by atoms with Crippen LogP contribution in [0.1, 0.15) is 16.8 Å². The van der Waals surface area contributed by atoms with Crippen LogP contribution in [0.4, 0.5) is 11.4 Å². The molecule has 0 unspecified atom stereocenters.